The first-order chi connectivity index (χ1) is 20.8. The molecule has 242 valence electrons. The fourth-order valence-electron chi connectivity index (χ4n) is 4.57. The van der Waals surface area contributed by atoms with E-state index in [1.165, 1.54) is 19.1 Å². The van der Waals surface area contributed by atoms with Crippen LogP contribution < -0.4 is 20.1 Å². The quantitative estimate of drug-likeness (QED) is 0.170. The third-order valence-corrected chi connectivity index (χ3v) is 8.60. The number of aliphatic hydroxyl groups excluding tert-OH is 1. The predicted molar refractivity (Wildman–Crippen MR) is 154 cm³/mol. The molecule has 0 aliphatic carbocycles. The highest BCUT2D eigenvalue weighted by molar-refractivity contribution is 7.52. The van der Waals surface area contributed by atoms with Crippen LogP contribution in [-0.4, -0.2) is 73.6 Å². The molecule has 1 aliphatic rings. The van der Waals surface area contributed by atoms with Crippen molar-refractivity contribution in [2.45, 2.75) is 83.5 Å². The van der Waals surface area contributed by atoms with Gasteiger partial charge in [-0.05, 0) is 45.7 Å². The summed E-state index contributed by atoms with van der Waals surface area (Å²) in [5.74, 6) is -4.15. The Bertz CT molecular complexity index is 1490. The first-order valence-electron chi connectivity index (χ1n) is 14.1. The summed E-state index contributed by atoms with van der Waals surface area (Å²) in [5, 5.41) is 13.3. The maximum Gasteiger partial charge on any atom is 0.459 e. The van der Waals surface area contributed by atoms with Crippen LogP contribution in [0.1, 0.15) is 53.7 Å². The van der Waals surface area contributed by atoms with E-state index in [0.29, 0.717) is 12.8 Å². The van der Waals surface area contributed by atoms with Gasteiger partial charge in [0.2, 0.25) is 11.8 Å². The van der Waals surface area contributed by atoms with Gasteiger partial charge in [0.1, 0.15) is 24.5 Å². The van der Waals surface area contributed by atoms with Gasteiger partial charge in [-0.3, -0.25) is 13.9 Å². The number of nitrogens with one attached hydrogen (secondary N) is 1. The molecular weight excluding hydrogens is 605 g/mol. The number of anilines is 1. The number of aromatic nitrogens is 4. The average molecular weight is 643 g/mol. The third-order valence-electron chi connectivity index (χ3n) is 6.97. The van der Waals surface area contributed by atoms with Gasteiger partial charge in [0.15, 0.2) is 29.2 Å². The topological polar surface area (TPSA) is 182 Å². The molecule has 6 atom stereocenters. The molecule has 1 saturated heterocycles. The number of nitrogen functional groups attached to an aromatic ring is 1. The molecule has 0 saturated carbocycles. The molecular formula is C27H37F2N6O8P. The number of nitrogens with zero attached hydrogens (tertiary/aromatic N) is 4. The Balaban J connectivity index is 1.60. The maximum atomic E-state index is 16.3. The lowest BCUT2D eigenvalue weighted by atomic mass is 9.97. The summed E-state index contributed by atoms with van der Waals surface area (Å²) in [6.07, 6.45) is -2.43. The van der Waals surface area contributed by atoms with Crippen molar-refractivity contribution in [3.8, 4) is 11.6 Å². The normalized spacial score (nSPS) is 25.6. The molecule has 3 aromatic rings. The number of para-hydroxylation sites is 1. The van der Waals surface area contributed by atoms with E-state index in [0.717, 1.165) is 17.8 Å². The number of esters is 1. The molecule has 2 aromatic heterocycles. The molecule has 1 fully saturated rings. The molecule has 0 amide bonds. The van der Waals surface area contributed by atoms with Gasteiger partial charge in [-0.25, -0.2) is 18.3 Å². The second-order valence-electron chi connectivity index (χ2n) is 10.4. The number of benzene rings is 1. The molecule has 14 nitrogen and oxygen atoms in total. The van der Waals surface area contributed by atoms with E-state index in [9.17, 15) is 14.5 Å². The van der Waals surface area contributed by atoms with Crippen LogP contribution in [0.4, 0.5) is 14.7 Å². The standard InChI is InChI=1S/C27H37F2N6O8P/c1-6-17(7-2)41-22(36)16(4)34-44(38,43-18-12-10-9-11-13-18)40-14-27(29)23(37)26(5,28)24(42-27)35-15-31-19-20(35)32-25(30)33-21(19)39-8-3/h9-13,15-17,23-24,37H,6-8,14H2,1-5H3,(H,34,38)(H2,30,32,33)/t16?,23-,24?,26+,27+,44?/m0/s1. The molecule has 0 bridgehead atoms. The van der Waals surface area contributed by atoms with Crippen molar-refractivity contribution in [2.75, 3.05) is 18.9 Å². The van der Waals surface area contributed by atoms with Gasteiger partial charge in [0.25, 0.3) is 5.85 Å². The van der Waals surface area contributed by atoms with Crippen molar-refractivity contribution in [1.29, 1.82) is 0 Å². The van der Waals surface area contributed by atoms with E-state index >= 15 is 8.78 Å². The zero-order valence-electron chi connectivity index (χ0n) is 25.0. The molecule has 1 aliphatic heterocycles. The predicted octanol–water partition coefficient (Wildman–Crippen LogP) is 4.00. The van der Waals surface area contributed by atoms with Crippen molar-refractivity contribution in [1.82, 2.24) is 24.6 Å². The van der Waals surface area contributed by atoms with E-state index in [2.05, 4.69) is 20.0 Å². The van der Waals surface area contributed by atoms with Gasteiger partial charge >= 0.3 is 13.7 Å². The summed E-state index contributed by atoms with van der Waals surface area (Å²) in [4.78, 5) is 24.9. The number of rotatable bonds is 14. The van der Waals surface area contributed by atoms with Crippen molar-refractivity contribution < 1.29 is 46.5 Å². The number of hydrogen-bond donors (Lipinski definition) is 3. The van der Waals surface area contributed by atoms with E-state index < -0.39 is 50.2 Å². The number of alkyl halides is 2. The number of hydrogen-bond acceptors (Lipinski definition) is 12. The summed E-state index contributed by atoms with van der Waals surface area (Å²) in [6, 6.07) is 6.55. The number of carbonyl (C=O) groups excluding carboxylic acids is 1. The summed E-state index contributed by atoms with van der Waals surface area (Å²) in [6.45, 7) is 6.62. The lowest BCUT2D eigenvalue weighted by molar-refractivity contribution is -0.202. The van der Waals surface area contributed by atoms with Gasteiger partial charge in [-0.1, -0.05) is 32.0 Å². The van der Waals surface area contributed by atoms with Crippen LogP contribution in [-0.2, 0) is 23.4 Å². The fourth-order valence-corrected chi connectivity index (χ4v) is 6.08. The molecule has 3 heterocycles. The third kappa shape index (κ3) is 6.94. The van der Waals surface area contributed by atoms with Gasteiger partial charge in [-0.15, -0.1) is 0 Å². The number of nitrogens with two attached hydrogens (primary N) is 1. The zero-order valence-corrected chi connectivity index (χ0v) is 25.9. The molecule has 44 heavy (non-hydrogen) atoms. The van der Waals surface area contributed by atoms with Crippen LogP contribution in [0.25, 0.3) is 11.2 Å². The number of halogens is 2. The van der Waals surface area contributed by atoms with Crippen molar-refractivity contribution in [3.05, 3.63) is 36.7 Å². The molecule has 0 radical (unpaired) electrons. The number of fused-ring (bicyclic) bond motifs is 1. The largest absolute Gasteiger partial charge is 0.476 e. The molecule has 17 heteroatoms. The molecule has 1 aromatic carbocycles. The smallest absolute Gasteiger partial charge is 0.459 e. The van der Waals surface area contributed by atoms with Crippen LogP contribution in [0, 0.1) is 0 Å². The van der Waals surface area contributed by atoms with Crippen LogP contribution in [0.3, 0.4) is 0 Å². The van der Waals surface area contributed by atoms with Crippen molar-refractivity contribution in [3.63, 3.8) is 0 Å². The fraction of sp³-hybridized carbons (Fsp3) is 0.556. The first kappa shape index (κ1) is 33.5. The van der Waals surface area contributed by atoms with Crippen LogP contribution in [0.2, 0.25) is 0 Å². The minimum atomic E-state index is -4.59. The Morgan fingerprint density at radius 2 is 1.91 bits per heavy atom. The van der Waals surface area contributed by atoms with Gasteiger partial charge in [-0.2, -0.15) is 15.1 Å². The van der Waals surface area contributed by atoms with Gasteiger partial charge in [0.05, 0.1) is 12.9 Å². The average Bonchev–Trinajstić information content (AvgIpc) is 3.47. The molecule has 4 N–H and O–H groups in total. The Morgan fingerprint density at radius 3 is 2.55 bits per heavy atom. The molecule has 4 rings (SSSR count). The van der Waals surface area contributed by atoms with Crippen molar-refractivity contribution >= 4 is 30.8 Å². The highest BCUT2D eigenvalue weighted by Crippen LogP contribution is 2.52. The lowest BCUT2D eigenvalue weighted by Gasteiger charge is -2.28. The van der Waals surface area contributed by atoms with Crippen LogP contribution >= 0.6 is 7.75 Å². The Hall–Kier alpha value is -3.43. The Morgan fingerprint density at radius 1 is 1.23 bits per heavy atom. The van der Waals surface area contributed by atoms with Gasteiger partial charge in [0, 0.05) is 0 Å². The van der Waals surface area contributed by atoms with E-state index in [-0.39, 0.29) is 41.5 Å². The van der Waals surface area contributed by atoms with E-state index in [4.69, 9.17) is 29.0 Å². The zero-order chi connectivity index (χ0) is 32.3. The summed E-state index contributed by atoms with van der Waals surface area (Å²) in [5.41, 5.74) is 3.05. The Kier molecular flexibility index (Phi) is 10.1. The highest BCUT2D eigenvalue weighted by atomic mass is 31.2. The number of aliphatic hydroxyl groups is 1. The minimum Gasteiger partial charge on any atom is -0.476 e. The number of imidazole rings is 1. The second kappa shape index (κ2) is 13.3. The molecule has 3 unspecified atom stereocenters. The Labute approximate surface area is 252 Å². The summed E-state index contributed by atoms with van der Waals surface area (Å²) < 4.78 is 74.5. The van der Waals surface area contributed by atoms with Crippen molar-refractivity contribution in [2.24, 2.45) is 0 Å². The highest BCUT2D eigenvalue weighted by Gasteiger charge is 2.65. The summed E-state index contributed by atoms with van der Waals surface area (Å²) >= 11 is 0. The maximum absolute atomic E-state index is 16.3. The van der Waals surface area contributed by atoms with Gasteiger partial charge < -0.3 is 29.6 Å². The first-order valence-corrected chi connectivity index (χ1v) is 15.6. The minimum absolute atomic E-state index is 0.0182. The SMILES string of the molecule is CCOc1nc(N)nc2c1ncn2C1O[C@](F)(COP(=O)(NC(C)C(=O)OC(CC)CC)Oc2ccccc2)[C@@H](O)[C@@]1(C)F. The summed E-state index contributed by atoms with van der Waals surface area (Å²) in [7, 11) is -4.59. The second-order valence-corrected chi connectivity index (χ2v) is 12.0. The van der Waals surface area contributed by atoms with Crippen LogP contribution in [0.5, 0.6) is 11.6 Å². The van der Waals surface area contributed by atoms with Crippen LogP contribution in [0.15, 0.2) is 36.7 Å². The monoisotopic (exact) mass is 642 g/mol. The molecule has 0 spiro atoms. The lowest BCUT2D eigenvalue weighted by Crippen LogP contribution is -2.47. The number of ether oxygens (including phenoxy) is 3. The van der Waals surface area contributed by atoms with E-state index in [1.54, 1.807) is 25.1 Å². The number of carbonyl (C=O) groups is 1. The van der Waals surface area contributed by atoms with E-state index in [1.807, 2.05) is 13.8 Å².